The molecule has 0 aromatic heterocycles. The number of fused-ring (bicyclic) bond motifs is 3. The molecule has 2 saturated heterocycles. The van der Waals surface area contributed by atoms with Crippen molar-refractivity contribution in [2.75, 3.05) is 37.7 Å². The van der Waals surface area contributed by atoms with E-state index in [1.54, 1.807) is 11.0 Å². The highest BCUT2D eigenvalue weighted by atomic mass is 19.1. The molecule has 10 rings (SSSR count). The molecule has 0 radical (unpaired) electrons. The standard InChI is InChI=1S/C49H53FN4O4/c1-31-7-18-45(47(56)51-31)54-29-37-25-38(11-16-44(37)48(54)57)52-19-21-53(22-20-52)39-23-35-27-49(50,28-36(35)24-39)30-58-41-13-8-33(9-14-41)46-42(32-5-3-2-4-6-32)15-10-34-26-40(55)12-17-43(34)46/h2-6,8-9,11-14,16-17,25-26,35-36,39,42,45-46,55H,1,7,10,15,18-24,27-30H2,(H,51,56)/t35?,36?,39?,42-,45?,46+,49?/m1/s1. The fourth-order valence-corrected chi connectivity index (χ4v) is 11.6. The SMILES string of the molecule is C=C1CCC(N2Cc3cc(N4CCN(C5CC6CC(F)(COc7ccc([C@@H]8c9ccc(O)cc9CC[C@@H]8c8ccccc8)cc7)CC6C5)CC4)ccc3C2=O)C(=O)N1. The lowest BCUT2D eigenvalue weighted by Crippen LogP contribution is -2.50. The van der Waals surface area contributed by atoms with E-state index >= 15 is 4.39 Å². The van der Waals surface area contributed by atoms with Gasteiger partial charge in [0.2, 0.25) is 5.91 Å². The molecule has 4 aromatic carbocycles. The van der Waals surface area contributed by atoms with Gasteiger partial charge in [-0.2, -0.15) is 0 Å². The molecule has 3 unspecified atom stereocenters. The van der Waals surface area contributed by atoms with Crippen LogP contribution in [-0.2, 0) is 17.8 Å². The number of ether oxygens (including phenoxy) is 1. The summed E-state index contributed by atoms with van der Waals surface area (Å²) in [4.78, 5) is 32.6. The van der Waals surface area contributed by atoms with Gasteiger partial charge in [0.05, 0.1) is 0 Å². The summed E-state index contributed by atoms with van der Waals surface area (Å²) in [6, 6.07) is 31.0. The number of benzene rings is 4. The number of allylic oxidation sites excluding steroid dienone is 1. The van der Waals surface area contributed by atoms with Gasteiger partial charge in [0.25, 0.3) is 5.91 Å². The number of piperazine rings is 1. The maximum absolute atomic E-state index is 16.4. The second-order valence-corrected chi connectivity index (χ2v) is 17.9. The minimum atomic E-state index is -1.31. The lowest BCUT2D eigenvalue weighted by atomic mass is 9.69. The maximum atomic E-state index is 16.4. The summed E-state index contributed by atoms with van der Waals surface area (Å²) in [6.45, 7) is 8.20. The molecule has 300 valence electrons. The molecule has 9 heteroatoms. The maximum Gasteiger partial charge on any atom is 0.255 e. The van der Waals surface area contributed by atoms with E-state index in [9.17, 15) is 14.7 Å². The molecule has 0 bridgehead atoms. The molecule has 4 fully saturated rings. The third kappa shape index (κ3) is 6.95. The number of rotatable bonds is 8. The van der Waals surface area contributed by atoms with Gasteiger partial charge in [-0.25, -0.2) is 4.39 Å². The number of aryl methyl sites for hydroxylation is 1. The highest BCUT2D eigenvalue weighted by Gasteiger charge is 2.51. The monoisotopic (exact) mass is 780 g/mol. The molecule has 8 nitrogen and oxygen atoms in total. The Labute approximate surface area is 340 Å². The Balaban J connectivity index is 0.720. The molecule has 2 saturated carbocycles. The summed E-state index contributed by atoms with van der Waals surface area (Å²) in [5.41, 5.74) is 7.23. The zero-order valence-electron chi connectivity index (χ0n) is 33.1. The van der Waals surface area contributed by atoms with Crippen molar-refractivity contribution < 1.29 is 23.8 Å². The van der Waals surface area contributed by atoms with E-state index in [4.69, 9.17) is 4.74 Å². The van der Waals surface area contributed by atoms with Gasteiger partial charge in [0.15, 0.2) is 0 Å². The van der Waals surface area contributed by atoms with Crippen molar-refractivity contribution in [3.8, 4) is 11.5 Å². The Bertz CT molecular complexity index is 2210. The van der Waals surface area contributed by atoms with Crippen LogP contribution in [0.2, 0.25) is 0 Å². The Hall–Kier alpha value is -5.15. The van der Waals surface area contributed by atoms with Gasteiger partial charge in [-0.15, -0.1) is 0 Å². The summed E-state index contributed by atoms with van der Waals surface area (Å²) in [5, 5.41) is 13.0. The number of carbonyl (C=O) groups excluding carboxylic acids is 2. The first-order valence-electron chi connectivity index (χ1n) is 21.4. The number of anilines is 1. The van der Waals surface area contributed by atoms with Crippen molar-refractivity contribution in [2.45, 2.75) is 87.5 Å². The molecule has 2 amide bonds. The molecule has 4 aromatic rings. The van der Waals surface area contributed by atoms with Gasteiger partial charge in [-0.05, 0) is 139 Å². The molecule has 6 aliphatic rings. The Morgan fingerprint density at radius 1 is 0.828 bits per heavy atom. The average Bonchev–Trinajstić information content (AvgIpc) is 3.89. The zero-order valence-corrected chi connectivity index (χ0v) is 33.1. The van der Waals surface area contributed by atoms with Crippen LogP contribution in [0.5, 0.6) is 11.5 Å². The summed E-state index contributed by atoms with van der Waals surface area (Å²) >= 11 is 0. The largest absolute Gasteiger partial charge is 0.508 e. The van der Waals surface area contributed by atoms with Gasteiger partial charge < -0.3 is 25.0 Å². The van der Waals surface area contributed by atoms with E-state index in [1.165, 1.54) is 22.3 Å². The minimum Gasteiger partial charge on any atom is -0.508 e. The van der Waals surface area contributed by atoms with Crippen molar-refractivity contribution in [2.24, 2.45) is 11.8 Å². The number of hydrogen-bond acceptors (Lipinski definition) is 6. The van der Waals surface area contributed by atoms with Crippen LogP contribution < -0.4 is 15.0 Å². The number of hydrogen-bond donors (Lipinski definition) is 2. The lowest BCUT2D eigenvalue weighted by molar-refractivity contribution is -0.126. The number of halogens is 1. The highest BCUT2D eigenvalue weighted by molar-refractivity contribution is 6.01. The molecular formula is C49H53FN4O4. The quantitative estimate of drug-likeness (QED) is 0.188. The van der Waals surface area contributed by atoms with Crippen molar-refractivity contribution >= 4 is 17.5 Å². The molecule has 0 spiro atoms. The third-order valence-electron chi connectivity index (χ3n) is 14.4. The zero-order chi connectivity index (χ0) is 39.5. The first-order chi connectivity index (χ1) is 28.2. The molecule has 5 atom stereocenters. The molecule has 3 aliphatic heterocycles. The number of phenols is 1. The van der Waals surface area contributed by atoms with Gasteiger partial charge in [-0.3, -0.25) is 14.5 Å². The van der Waals surface area contributed by atoms with E-state index in [2.05, 4.69) is 82.4 Å². The molecular weight excluding hydrogens is 728 g/mol. The summed E-state index contributed by atoms with van der Waals surface area (Å²) in [5.74, 6) is 2.09. The first-order valence-corrected chi connectivity index (χ1v) is 21.4. The van der Waals surface area contributed by atoms with E-state index in [0.717, 1.165) is 68.8 Å². The fraction of sp³-hybridized carbons (Fsp3) is 0.429. The fourth-order valence-electron chi connectivity index (χ4n) is 11.6. The normalized spacial score (nSPS) is 29.6. The number of nitrogens with zero attached hydrogens (tertiary/aromatic N) is 3. The van der Waals surface area contributed by atoms with E-state index in [-0.39, 0.29) is 24.3 Å². The number of carbonyl (C=O) groups is 2. The van der Waals surface area contributed by atoms with Gasteiger partial charge in [-0.1, -0.05) is 55.1 Å². The average molecular weight is 781 g/mol. The number of alkyl halides is 1. The van der Waals surface area contributed by atoms with Crippen LogP contribution >= 0.6 is 0 Å². The van der Waals surface area contributed by atoms with E-state index < -0.39 is 11.7 Å². The van der Waals surface area contributed by atoms with Gasteiger partial charge in [0, 0.05) is 61.6 Å². The lowest BCUT2D eigenvalue weighted by Gasteiger charge is -2.39. The highest BCUT2D eigenvalue weighted by Crippen LogP contribution is 2.52. The smallest absolute Gasteiger partial charge is 0.255 e. The molecule has 58 heavy (non-hydrogen) atoms. The number of amides is 2. The number of nitrogens with one attached hydrogen (secondary N) is 1. The van der Waals surface area contributed by atoms with Gasteiger partial charge in [0.1, 0.15) is 29.8 Å². The van der Waals surface area contributed by atoms with Crippen LogP contribution in [0.25, 0.3) is 0 Å². The van der Waals surface area contributed by atoms with Crippen molar-refractivity contribution in [1.82, 2.24) is 15.1 Å². The second-order valence-electron chi connectivity index (χ2n) is 17.9. The van der Waals surface area contributed by atoms with E-state index in [1.807, 2.05) is 24.3 Å². The van der Waals surface area contributed by atoms with E-state index in [0.29, 0.717) is 73.1 Å². The van der Waals surface area contributed by atoms with Crippen LogP contribution in [0.4, 0.5) is 10.1 Å². The Kier molecular flexibility index (Phi) is 9.54. The third-order valence-corrected chi connectivity index (χ3v) is 14.4. The first kappa shape index (κ1) is 37.1. The predicted molar refractivity (Wildman–Crippen MR) is 223 cm³/mol. The number of piperidine rings is 1. The van der Waals surface area contributed by atoms with Crippen LogP contribution in [0, 0.1) is 11.8 Å². The summed E-state index contributed by atoms with van der Waals surface area (Å²) in [6.07, 6.45) is 6.47. The summed E-state index contributed by atoms with van der Waals surface area (Å²) < 4.78 is 22.6. The van der Waals surface area contributed by atoms with Crippen LogP contribution in [0.1, 0.15) is 95.0 Å². The number of phenolic OH excluding ortho intramolecular Hbond substituents is 1. The second kappa shape index (κ2) is 14.9. The van der Waals surface area contributed by atoms with Gasteiger partial charge >= 0.3 is 0 Å². The summed E-state index contributed by atoms with van der Waals surface area (Å²) in [7, 11) is 0. The van der Waals surface area contributed by atoms with Crippen molar-refractivity contribution in [1.29, 1.82) is 0 Å². The van der Waals surface area contributed by atoms with Crippen LogP contribution in [0.3, 0.4) is 0 Å². The van der Waals surface area contributed by atoms with Crippen LogP contribution in [-0.4, -0.2) is 77.3 Å². The van der Waals surface area contributed by atoms with Crippen molar-refractivity contribution in [3.05, 3.63) is 137 Å². The molecule has 3 heterocycles. The Morgan fingerprint density at radius 3 is 2.33 bits per heavy atom. The molecule has 2 N–H and O–H groups in total. The molecule has 3 aliphatic carbocycles. The van der Waals surface area contributed by atoms with Crippen LogP contribution in [0.15, 0.2) is 103 Å². The Morgan fingerprint density at radius 2 is 1.59 bits per heavy atom. The predicted octanol–water partition coefficient (Wildman–Crippen LogP) is 8.10. The van der Waals surface area contributed by atoms with Crippen molar-refractivity contribution in [3.63, 3.8) is 0 Å². The topological polar surface area (TPSA) is 85.4 Å². The minimum absolute atomic E-state index is 0.0638. The number of aromatic hydroxyl groups is 1.